The molecule has 6 heteroatoms. The summed E-state index contributed by atoms with van der Waals surface area (Å²) >= 11 is 0. The van der Waals surface area contributed by atoms with Gasteiger partial charge >= 0.3 is 0 Å². The summed E-state index contributed by atoms with van der Waals surface area (Å²) in [4.78, 5) is 0. The minimum absolute atomic E-state index is 0.0337. The highest BCUT2D eigenvalue weighted by Crippen LogP contribution is 2.46. The SMILES string of the molecule is Oc1ccc(-c2cc(-c3cc(-c4ccc(O)cc4)c(O)c(-c4ccc(O)cc4)c3)cc(-c3ccc(O)cc3)c2O)cc1. The van der Waals surface area contributed by atoms with Crippen LogP contribution < -0.4 is 0 Å². The molecule has 0 heterocycles. The van der Waals surface area contributed by atoms with E-state index in [-0.39, 0.29) is 34.5 Å². The van der Waals surface area contributed by atoms with Gasteiger partial charge in [0.05, 0.1) is 0 Å². The normalized spacial score (nSPS) is 11.0. The fraction of sp³-hybridized carbons (Fsp3) is 0. The summed E-state index contributed by atoms with van der Waals surface area (Å²) in [7, 11) is 0. The minimum Gasteiger partial charge on any atom is -0.508 e. The second-order valence-electron chi connectivity index (χ2n) is 10.0. The van der Waals surface area contributed by atoms with Crippen LogP contribution in [-0.4, -0.2) is 30.6 Å². The van der Waals surface area contributed by atoms with E-state index < -0.39 is 0 Å². The van der Waals surface area contributed by atoms with E-state index >= 15 is 0 Å². The number of aromatic hydroxyl groups is 6. The van der Waals surface area contributed by atoms with Crippen LogP contribution in [0, 0.1) is 0 Å². The molecule has 0 saturated heterocycles. The Morgan fingerprint density at radius 3 is 0.619 bits per heavy atom. The molecule has 6 aromatic carbocycles. The van der Waals surface area contributed by atoms with Crippen LogP contribution in [0.4, 0.5) is 0 Å². The molecule has 0 amide bonds. The lowest BCUT2D eigenvalue weighted by atomic mass is 9.88. The zero-order valence-corrected chi connectivity index (χ0v) is 22.2. The van der Waals surface area contributed by atoms with Crippen molar-refractivity contribution in [3.05, 3.63) is 121 Å². The van der Waals surface area contributed by atoms with Gasteiger partial charge < -0.3 is 30.6 Å². The molecule has 0 atom stereocenters. The molecule has 6 N–H and O–H groups in total. The third-order valence-corrected chi connectivity index (χ3v) is 7.27. The number of hydrogen-bond donors (Lipinski definition) is 6. The first-order chi connectivity index (χ1) is 20.3. The molecule has 0 aliphatic rings. The van der Waals surface area contributed by atoms with Crippen molar-refractivity contribution < 1.29 is 30.6 Å². The summed E-state index contributed by atoms with van der Waals surface area (Å²) in [5, 5.41) is 62.4. The second kappa shape index (κ2) is 10.6. The van der Waals surface area contributed by atoms with E-state index in [0.717, 1.165) is 11.1 Å². The highest BCUT2D eigenvalue weighted by atomic mass is 16.3. The Bertz CT molecular complexity index is 1620. The summed E-state index contributed by atoms with van der Waals surface area (Å²) in [6.07, 6.45) is 0. The summed E-state index contributed by atoms with van der Waals surface area (Å²) in [5.41, 5.74) is 6.32. The monoisotopic (exact) mass is 554 g/mol. The summed E-state index contributed by atoms with van der Waals surface area (Å²) in [5.74, 6) is 0.470. The summed E-state index contributed by atoms with van der Waals surface area (Å²) in [6, 6.07) is 33.5. The third-order valence-electron chi connectivity index (χ3n) is 7.27. The maximum atomic E-state index is 11.5. The zero-order chi connectivity index (χ0) is 29.4. The Hall–Kier alpha value is -5.88. The third kappa shape index (κ3) is 5.05. The Labute approximate surface area is 241 Å². The largest absolute Gasteiger partial charge is 0.508 e. The Balaban J connectivity index is 1.63. The van der Waals surface area contributed by atoms with E-state index in [1.54, 1.807) is 97.1 Å². The van der Waals surface area contributed by atoms with Gasteiger partial charge in [-0.2, -0.15) is 0 Å². The number of hydrogen-bond acceptors (Lipinski definition) is 6. The first kappa shape index (κ1) is 26.3. The quantitative estimate of drug-likeness (QED) is 0.128. The molecule has 42 heavy (non-hydrogen) atoms. The van der Waals surface area contributed by atoms with Gasteiger partial charge in [-0.25, -0.2) is 0 Å². The van der Waals surface area contributed by atoms with Crippen molar-refractivity contribution in [2.45, 2.75) is 0 Å². The number of benzene rings is 6. The Morgan fingerprint density at radius 1 is 0.238 bits per heavy atom. The lowest BCUT2D eigenvalue weighted by molar-refractivity contribution is 0.474. The molecule has 0 radical (unpaired) electrons. The summed E-state index contributed by atoms with van der Waals surface area (Å²) in [6.45, 7) is 0. The van der Waals surface area contributed by atoms with Gasteiger partial charge in [-0.05, 0) is 106 Å². The van der Waals surface area contributed by atoms with Crippen molar-refractivity contribution in [3.63, 3.8) is 0 Å². The molecule has 206 valence electrons. The van der Waals surface area contributed by atoms with Crippen LogP contribution in [0.2, 0.25) is 0 Å². The lowest BCUT2D eigenvalue weighted by Crippen LogP contribution is -1.91. The zero-order valence-electron chi connectivity index (χ0n) is 22.2. The van der Waals surface area contributed by atoms with Crippen molar-refractivity contribution in [1.82, 2.24) is 0 Å². The van der Waals surface area contributed by atoms with Gasteiger partial charge in [0.25, 0.3) is 0 Å². The molecule has 0 fully saturated rings. The van der Waals surface area contributed by atoms with Crippen LogP contribution in [0.25, 0.3) is 55.6 Å². The van der Waals surface area contributed by atoms with E-state index in [1.807, 2.05) is 24.3 Å². The molecule has 0 aliphatic carbocycles. The van der Waals surface area contributed by atoms with Gasteiger partial charge in [-0.15, -0.1) is 0 Å². The molecule has 0 saturated carbocycles. The van der Waals surface area contributed by atoms with E-state index in [9.17, 15) is 30.6 Å². The van der Waals surface area contributed by atoms with Crippen LogP contribution in [0.3, 0.4) is 0 Å². The molecule has 0 aromatic heterocycles. The molecule has 0 spiro atoms. The van der Waals surface area contributed by atoms with Crippen LogP contribution in [0.15, 0.2) is 121 Å². The van der Waals surface area contributed by atoms with Gasteiger partial charge in [0.1, 0.15) is 34.5 Å². The Kier molecular flexibility index (Phi) is 6.65. The van der Waals surface area contributed by atoms with E-state index in [0.29, 0.717) is 44.5 Å². The maximum absolute atomic E-state index is 11.5. The molecular weight excluding hydrogens is 528 g/mol. The first-order valence-electron chi connectivity index (χ1n) is 13.2. The fourth-order valence-corrected chi connectivity index (χ4v) is 5.05. The van der Waals surface area contributed by atoms with E-state index in [2.05, 4.69) is 0 Å². The molecule has 6 rings (SSSR count). The average Bonchev–Trinajstić information content (AvgIpc) is 2.99. The molecule has 6 nitrogen and oxygen atoms in total. The maximum Gasteiger partial charge on any atom is 0.131 e. The topological polar surface area (TPSA) is 121 Å². The van der Waals surface area contributed by atoms with Crippen molar-refractivity contribution in [2.75, 3.05) is 0 Å². The Morgan fingerprint density at radius 2 is 0.429 bits per heavy atom. The van der Waals surface area contributed by atoms with Gasteiger partial charge in [0, 0.05) is 22.3 Å². The average molecular weight is 555 g/mol. The second-order valence-corrected chi connectivity index (χ2v) is 10.0. The van der Waals surface area contributed by atoms with E-state index in [1.165, 1.54) is 0 Å². The lowest BCUT2D eigenvalue weighted by Gasteiger charge is -2.17. The predicted molar refractivity (Wildman–Crippen MR) is 164 cm³/mol. The van der Waals surface area contributed by atoms with Gasteiger partial charge in [-0.1, -0.05) is 48.5 Å². The van der Waals surface area contributed by atoms with Crippen molar-refractivity contribution in [1.29, 1.82) is 0 Å². The van der Waals surface area contributed by atoms with Crippen LogP contribution in [0.1, 0.15) is 0 Å². The smallest absolute Gasteiger partial charge is 0.131 e. The highest BCUT2D eigenvalue weighted by Gasteiger charge is 2.19. The van der Waals surface area contributed by atoms with E-state index in [4.69, 9.17) is 0 Å². The molecule has 0 aliphatic heterocycles. The molecule has 6 aromatic rings. The predicted octanol–water partition coefficient (Wildman–Crippen LogP) is 8.26. The molecular formula is C36H26O6. The molecule has 0 unspecified atom stereocenters. The number of phenolic OH excluding ortho intramolecular Hbond substituents is 6. The van der Waals surface area contributed by atoms with Crippen LogP contribution >= 0.6 is 0 Å². The van der Waals surface area contributed by atoms with Crippen LogP contribution in [-0.2, 0) is 0 Å². The number of phenols is 6. The molecule has 0 bridgehead atoms. The van der Waals surface area contributed by atoms with Crippen molar-refractivity contribution in [3.8, 4) is 90.1 Å². The number of rotatable bonds is 5. The van der Waals surface area contributed by atoms with Crippen molar-refractivity contribution in [2.24, 2.45) is 0 Å². The van der Waals surface area contributed by atoms with Gasteiger partial charge in [-0.3, -0.25) is 0 Å². The summed E-state index contributed by atoms with van der Waals surface area (Å²) < 4.78 is 0. The highest BCUT2D eigenvalue weighted by molar-refractivity contribution is 5.92. The van der Waals surface area contributed by atoms with Gasteiger partial charge in [0.2, 0.25) is 0 Å². The minimum atomic E-state index is 0.0337. The first-order valence-corrected chi connectivity index (χ1v) is 13.2. The fourth-order valence-electron chi connectivity index (χ4n) is 5.05. The van der Waals surface area contributed by atoms with Crippen LogP contribution in [0.5, 0.6) is 34.5 Å². The standard InChI is InChI=1S/C36H26O6/c37-27-9-1-21(2-10-27)31-17-25(18-32(35(31)41)22-3-11-28(38)12-4-22)26-19-33(23-5-13-29(39)14-6-23)36(42)34(20-26)24-7-15-30(40)16-8-24/h1-20,37-42H. The van der Waals surface area contributed by atoms with Crippen molar-refractivity contribution >= 4 is 0 Å². The van der Waals surface area contributed by atoms with Gasteiger partial charge in [0.15, 0.2) is 0 Å².